The van der Waals surface area contributed by atoms with Gasteiger partial charge in [0.25, 0.3) is 10.0 Å². The van der Waals surface area contributed by atoms with Crippen LogP contribution >= 0.6 is 0 Å². The minimum absolute atomic E-state index is 0.213. The monoisotopic (exact) mass is 397 g/mol. The first-order valence-electron chi connectivity index (χ1n) is 8.81. The number of ether oxygens (including phenoxy) is 1. The number of anilines is 1. The Morgan fingerprint density at radius 3 is 2.57 bits per heavy atom. The molecule has 3 aromatic rings. The van der Waals surface area contributed by atoms with Gasteiger partial charge in [0.1, 0.15) is 5.69 Å². The number of aromatic nitrogens is 2. The molecule has 2 aromatic carbocycles. The van der Waals surface area contributed by atoms with Gasteiger partial charge in [-0.05, 0) is 30.2 Å². The fourth-order valence-corrected chi connectivity index (χ4v) is 5.11. The number of fused-ring (bicyclic) bond motifs is 1. The minimum atomic E-state index is -3.68. The number of carbonyl (C=O) groups excluding carboxylic acids is 1. The van der Waals surface area contributed by atoms with E-state index < -0.39 is 16.0 Å². The molecule has 8 heteroatoms. The Kier molecular flexibility index (Phi) is 4.64. The number of carbonyl (C=O) groups is 1. The Balaban J connectivity index is 1.79. The summed E-state index contributed by atoms with van der Waals surface area (Å²) in [6, 6.07) is 15.5. The third-order valence-corrected chi connectivity index (χ3v) is 6.73. The summed E-state index contributed by atoms with van der Waals surface area (Å²) < 4.78 is 34.4. The molecule has 1 aliphatic rings. The molecule has 1 aliphatic heterocycles. The number of nitrogens with zero attached hydrogens (tertiary/aromatic N) is 3. The van der Waals surface area contributed by atoms with Crippen molar-refractivity contribution in [1.82, 2.24) is 9.55 Å². The summed E-state index contributed by atoms with van der Waals surface area (Å²) >= 11 is 0. The third kappa shape index (κ3) is 2.95. The van der Waals surface area contributed by atoms with Gasteiger partial charge in [-0.15, -0.1) is 0 Å². The maximum absolute atomic E-state index is 13.2. The molecule has 0 aliphatic carbocycles. The van der Waals surface area contributed by atoms with Crippen LogP contribution in [0.15, 0.2) is 72.0 Å². The molecule has 0 bridgehead atoms. The van der Waals surface area contributed by atoms with Crippen molar-refractivity contribution in [2.75, 3.05) is 18.0 Å². The summed E-state index contributed by atoms with van der Waals surface area (Å²) in [5.74, 6) is -0.477. The molecule has 0 saturated carbocycles. The van der Waals surface area contributed by atoms with Crippen molar-refractivity contribution in [3.63, 3.8) is 0 Å². The molecule has 0 spiro atoms. The van der Waals surface area contributed by atoms with Gasteiger partial charge in [-0.3, -0.25) is 4.31 Å². The van der Waals surface area contributed by atoms with Crippen LogP contribution in [-0.2, 0) is 14.8 Å². The maximum atomic E-state index is 13.2. The molecule has 0 saturated heterocycles. The molecule has 0 fully saturated rings. The van der Waals surface area contributed by atoms with Gasteiger partial charge in [0, 0.05) is 6.54 Å². The van der Waals surface area contributed by atoms with Crippen molar-refractivity contribution < 1.29 is 17.9 Å². The molecular formula is C20H19N3O4S. The molecule has 0 radical (unpaired) electrons. The van der Waals surface area contributed by atoms with Gasteiger partial charge in [0.2, 0.25) is 0 Å². The van der Waals surface area contributed by atoms with Crippen LogP contribution in [0.3, 0.4) is 0 Å². The summed E-state index contributed by atoms with van der Waals surface area (Å²) in [6.45, 7) is 0.289. The fourth-order valence-electron chi connectivity index (χ4n) is 3.59. The second-order valence-electron chi connectivity index (χ2n) is 6.43. The van der Waals surface area contributed by atoms with E-state index in [2.05, 4.69) is 4.98 Å². The summed E-state index contributed by atoms with van der Waals surface area (Å²) in [4.78, 5) is 16.4. The molecular weight excluding hydrogens is 378 g/mol. The quantitative estimate of drug-likeness (QED) is 0.633. The van der Waals surface area contributed by atoms with Crippen molar-refractivity contribution >= 4 is 21.7 Å². The van der Waals surface area contributed by atoms with Crippen LogP contribution < -0.4 is 4.31 Å². The minimum Gasteiger partial charge on any atom is -0.464 e. The number of imidazole rings is 1. The highest BCUT2D eigenvalue weighted by molar-refractivity contribution is 7.92. The largest absolute Gasteiger partial charge is 0.464 e. The van der Waals surface area contributed by atoms with Gasteiger partial charge in [-0.1, -0.05) is 36.4 Å². The van der Waals surface area contributed by atoms with Crippen LogP contribution in [0.5, 0.6) is 0 Å². The summed E-state index contributed by atoms with van der Waals surface area (Å²) in [7, 11) is -2.36. The number of rotatable bonds is 4. The third-order valence-electron chi connectivity index (χ3n) is 4.90. The van der Waals surface area contributed by atoms with E-state index in [1.165, 1.54) is 17.6 Å². The lowest BCUT2D eigenvalue weighted by Crippen LogP contribution is -2.38. The van der Waals surface area contributed by atoms with Crippen LogP contribution in [0.2, 0.25) is 0 Å². The first-order chi connectivity index (χ1) is 13.5. The highest BCUT2D eigenvalue weighted by Crippen LogP contribution is 2.39. The molecule has 28 heavy (non-hydrogen) atoms. The number of para-hydroxylation sites is 1. The first-order valence-corrected chi connectivity index (χ1v) is 10.2. The van der Waals surface area contributed by atoms with Gasteiger partial charge in [0.05, 0.1) is 36.3 Å². The summed E-state index contributed by atoms with van der Waals surface area (Å²) in [5.41, 5.74) is 1.75. The molecule has 1 aromatic heterocycles. The summed E-state index contributed by atoms with van der Waals surface area (Å²) in [5, 5.41) is 0. The van der Waals surface area contributed by atoms with Gasteiger partial charge in [0.15, 0.2) is 0 Å². The zero-order valence-corrected chi connectivity index (χ0v) is 16.0. The molecule has 2 heterocycles. The van der Waals surface area contributed by atoms with E-state index in [0.717, 1.165) is 5.56 Å². The van der Waals surface area contributed by atoms with Crippen LogP contribution in [0, 0.1) is 0 Å². The van der Waals surface area contributed by atoms with E-state index >= 15 is 0 Å². The fraction of sp³-hybridized carbons (Fsp3) is 0.200. The average Bonchev–Trinajstić information content (AvgIpc) is 3.22. The zero-order valence-electron chi connectivity index (χ0n) is 15.2. The Morgan fingerprint density at radius 1 is 1.11 bits per heavy atom. The number of benzene rings is 2. The van der Waals surface area contributed by atoms with Crippen molar-refractivity contribution in [2.24, 2.45) is 0 Å². The van der Waals surface area contributed by atoms with Crippen molar-refractivity contribution in [3.8, 4) is 0 Å². The Morgan fingerprint density at radius 2 is 1.82 bits per heavy atom. The van der Waals surface area contributed by atoms with Gasteiger partial charge in [-0.2, -0.15) is 0 Å². The molecule has 0 N–H and O–H groups in total. The average molecular weight is 397 g/mol. The smallest absolute Gasteiger partial charge is 0.356 e. The summed E-state index contributed by atoms with van der Waals surface area (Å²) in [6.07, 6.45) is 3.54. The van der Waals surface area contributed by atoms with Gasteiger partial charge < -0.3 is 9.30 Å². The highest BCUT2D eigenvalue weighted by Gasteiger charge is 2.34. The SMILES string of the molecule is COC(=O)c1cncn1C1CCN(S(=O)(=O)c2ccccc2)c2ccccc21. The van der Waals surface area contributed by atoms with Crippen LogP contribution in [0.1, 0.15) is 28.5 Å². The second-order valence-corrected chi connectivity index (χ2v) is 8.29. The van der Waals surface area contributed by atoms with E-state index in [1.807, 2.05) is 18.2 Å². The van der Waals surface area contributed by atoms with Crippen molar-refractivity contribution in [2.45, 2.75) is 17.4 Å². The molecule has 1 unspecified atom stereocenters. The molecule has 1 atom stereocenters. The van der Waals surface area contributed by atoms with Crippen LogP contribution in [0.25, 0.3) is 0 Å². The lowest BCUT2D eigenvalue weighted by Gasteiger charge is -2.35. The number of esters is 1. The topological polar surface area (TPSA) is 81.5 Å². The van der Waals surface area contributed by atoms with E-state index in [1.54, 1.807) is 47.3 Å². The number of sulfonamides is 1. The first kappa shape index (κ1) is 18.2. The van der Waals surface area contributed by atoms with E-state index in [-0.39, 0.29) is 17.5 Å². The maximum Gasteiger partial charge on any atom is 0.356 e. The predicted molar refractivity (Wildman–Crippen MR) is 104 cm³/mol. The van der Waals surface area contributed by atoms with Crippen LogP contribution in [0.4, 0.5) is 5.69 Å². The van der Waals surface area contributed by atoms with E-state index in [4.69, 9.17) is 4.74 Å². The van der Waals surface area contributed by atoms with Gasteiger partial charge in [-0.25, -0.2) is 18.2 Å². The van der Waals surface area contributed by atoms with Gasteiger partial charge >= 0.3 is 5.97 Å². The second kappa shape index (κ2) is 7.12. The lowest BCUT2D eigenvalue weighted by molar-refractivity contribution is 0.0586. The van der Waals surface area contributed by atoms with Crippen molar-refractivity contribution in [3.05, 3.63) is 78.4 Å². The van der Waals surface area contributed by atoms with E-state index in [0.29, 0.717) is 17.8 Å². The number of methoxy groups -OCH3 is 1. The Hall–Kier alpha value is -3.13. The predicted octanol–water partition coefficient (Wildman–Crippen LogP) is 2.86. The Labute approximate surface area is 163 Å². The zero-order chi connectivity index (χ0) is 19.7. The molecule has 7 nitrogen and oxygen atoms in total. The normalized spacial score (nSPS) is 16.5. The lowest BCUT2D eigenvalue weighted by atomic mass is 9.97. The standard InChI is InChI=1S/C20H19N3O4S/c1-27-20(24)19-13-21-14-22(19)17-11-12-23(18-10-6-5-9-16(17)18)28(25,26)15-7-3-2-4-8-15/h2-10,13-14,17H,11-12H2,1H3. The van der Waals surface area contributed by atoms with Crippen LogP contribution in [-0.4, -0.2) is 37.6 Å². The number of hydrogen-bond donors (Lipinski definition) is 0. The van der Waals surface area contributed by atoms with Crippen molar-refractivity contribution in [1.29, 1.82) is 0 Å². The highest BCUT2D eigenvalue weighted by atomic mass is 32.2. The number of hydrogen-bond acceptors (Lipinski definition) is 5. The molecule has 4 rings (SSSR count). The Bertz CT molecular complexity index is 1110. The molecule has 0 amide bonds. The van der Waals surface area contributed by atoms with E-state index in [9.17, 15) is 13.2 Å². The molecule has 144 valence electrons.